The first-order valence-corrected chi connectivity index (χ1v) is 5.65. The number of hydrogen-bond acceptors (Lipinski definition) is 3. The van der Waals surface area contributed by atoms with Gasteiger partial charge in [0.25, 0.3) is 0 Å². The molecule has 3 heteroatoms. The normalized spacial score (nSPS) is 12.6. The van der Waals surface area contributed by atoms with Crippen molar-refractivity contribution in [1.82, 2.24) is 0 Å². The Hall–Kier alpha value is -0.180. The second kappa shape index (κ2) is 7.47. The Morgan fingerprint density at radius 1 is 1.50 bits per heavy atom. The van der Waals surface area contributed by atoms with Gasteiger partial charge in [-0.3, -0.25) is 4.79 Å². The number of carbonyl (C=O) groups is 1. The molecule has 0 heterocycles. The fourth-order valence-electron chi connectivity index (χ4n) is 1.04. The van der Waals surface area contributed by atoms with Crippen LogP contribution in [0.3, 0.4) is 0 Å². The standard InChI is InChI=1S/C9H18O2S/c1-4-5-9(12-3)6-7-11-8(2)10/h9H,4-7H2,1-3H3/t9-/m1/s1. The van der Waals surface area contributed by atoms with Crippen molar-refractivity contribution in [3.63, 3.8) is 0 Å². The Morgan fingerprint density at radius 2 is 2.17 bits per heavy atom. The highest BCUT2D eigenvalue weighted by Gasteiger charge is 2.05. The number of esters is 1. The van der Waals surface area contributed by atoms with E-state index in [1.165, 1.54) is 19.8 Å². The predicted molar refractivity (Wildman–Crippen MR) is 53.5 cm³/mol. The highest BCUT2D eigenvalue weighted by atomic mass is 32.2. The van der Waals surface area contributed by atoms with Crippen molar-refractivity contribution in [3.8, 4) is 0 Å². The summed E-state index contributed by atoms with van der Waals surface area (Å²) in [5.41, 5.74) is 0. The molecule has 0 aliphatic rings. The summed E-state index contributed by atoms with van der Waals surface area (Å²) in [5, 5.41) is 0.648. The lowest BCUT2D eigenvalue weighted by Crippen LogP contribution is -2.08. The van der Waals surface area contributed by atoms with Gasteiger partial charge in [0, 0.05) is 12.2 Å². The molecule has 0 aromatic rings. The fraction of sp³-hybridized carbons (Fsp3) is 0.889. The molecule has 2 nitrogen and oxygen atoms in total. The second-order valence-electron chi connectivity index (χ2n) is 2.78. The Labute approximate surface area is 79.1 Å². The summed E-state index contributed by atoms with van der Waals surface area (Å²) in [5.74, 6) is -0.175. The fourth-order valence-corrected chi connectivity index (χ4v) is 1.84. The average molecular weight is 190 g/mol. The monoisotopic (exact) mass is 190 g/mol. The van der Waals surface area contributed by atoms with E-state index in [9.17, 15) is 4.79 Å². The molecule has 0 N–H and O–H groups in total. The smallest absolute Gasteiger partial charge is 0.302 e. The van der Waals surface area contributed by atoms with Crippen LogP contribution >= 0.6 is 11.8 Å². The van der Waals surface area contributed by atoms with E-state index in [-0.39, 0.29) is 5.97 Å². The summed E-state index contributed by atoms with van der Waals surface area (Å²) in [7, 11) is 0. The minimum Gasteiger partial charge on any atom is -0.466 e. The van der Waals surface area contributed by atoms with Crippen LogP contribution in [0, 0.1) is 0 Å². The Balaban J connectivity index is 3.37. The van der Waals surface area contributed by atoms with Gasteiger partial charge in [0.05, 0.1) is 6.61 Å². The molecular weight excluding hydrogens is 172 g/mol. The third kappa shape index (κ3) is 6.53. The van der Waals surface area contributed by atoms with E-state index in [0.29, 0.717) is 11.9 Å². The van der Waals surface area contributed by atoms with Crippen molar-refractivity contribution in [2.75, 3.05) is 12.9 Å². The zero-order valence-electron chi connectivity index (χ0n) is 8.13. The number of thioether (sulfide) groups is 1. The van der Waals surface area contributed by atoms with E-state index < -0.39 is 0 Å². The Kier molecular flexibility index (Phi) is 7.36. The van der Waals surface area contributed by atoms with Gasteiger partial charge in [-0.15, -0.1) is 0 Å². The molecule has 0 fully saturated rings. The van der Waals surface area contributed by atoms with Crippen molar-refractivity contribution >= 4 is 17.7 Å². The number of carbonyl (C=O) groups excluding carboxylic acids is 1. The summed E-state index contributed by atoms with van der Waals surface area (Å²) < 4.78 is 4.87. The molecule has 12 heavy (non-hydrogen) atoms. The quantitative estimate of drug-likeness (QED) is 0.602. The Morgan fingerprint density at radius 3 is 2.58 bits per heavy atom. The van der Waals surface area contributed by atoms with Gasteiger partial charge in [0.1, 0.15) is 0 Å². The molecular formula is C9H18O2S. The van der Waals surface area contributed by atoms with Crippen LogP contribution in [0.15, 0.2) is 0 Å². The van der Waals surface area contributed by atoms with E-state index in [4.69, 9.17) is 4.74 Å². The van der Waals surface area contributed by atoms with Gasteiger partial charge < -0.3 is 4.74 Å². The van der Waals surface area contributed by atoms with Crippen molar-refractivity contribution in [2.24, 2.45) is 0 Å². The number of ether oxygens (including phenoxy) is 1. The molecule has 0 aliphatic heterocycles. The van der Waals surface area contributed by atoms with E-state index in [1.54, 1.807) is 0 Å². The van der Waals surface area contributed by atoms with E-state index in [1.807, 2.05) is 11.8 Å². The van der Waals surface area contributed by atoms with Crippen molar-refractivity contribution in [1.29, 1.82) is 0 Å². The van der Waals surface area contributed by atoms with Crippen LogP contribution in [0.4, 0.5) is 0 Å². The van der Waals surface area contributed by atoms with Gasteiger partial charge in [0.2, 0.25) is 0 Å². The summed E-state index contributed by atoms with van der Waals surface area (Å²) in [6.45, 7) is 4.20. The molecule has 0 saturated carbocycles. The van der Waals surface area contributed by atoms with Crippen molar-refractivity contribution in [3.05, 3.63) is 0 Å². The number of rotatable bonds is 6. The van der Waals surface area contributed by atoms with Gasteiger partial charge in [-0.25, -0.2) is 0 Å². The van der Waals surface area contributed by atoms with Crippen LogP contribution in [-0.4, -0.2) is 24.1 Å². The zero-order chi connectivity index (χ0) is 9.40. The molecule has 0 aliphatic carbocycles. The SMILES string of the molecule is CCC[C@H](CCOC(C)=O)SC. The molecule has 72 valence electrons. The minimum atomic E-state index is -0.175. The first kappa shape index (κ1) is 11.8. The van der Waals surface area contributed by atoms with Gasteiger partial charge in [-0.05, 0) is 19.1 Å². The Bertz CT molecular complexity index is 126. The van der Waals surface area contributed by atoms with Gasteiger partial charge in [0.15, 0.2) is 0 Å². The highest BCUT2D eigenvalue weighted by molar-refractivity contribution is 7.99. The predicted octanol–water partition coefficient (Wildman–Crippen LogP) is 2.47. The summed E-state index contributed by atoms with van der Waals surface area (Å²) in [4.78, 5) is 10.4. The lowest BCUT2D eigenvalue weighted by atomic mass is 10.2. The van der Waals surface area contributed by atoms with Crippen LogP contribution in [-0.2, 0) is 9.53 Å². The van der Waals surface area contributed by atoms with Gasteiger partial charge in [-0.2, -0.15) is 11.8 Å². The van der Waals surface area contributed by atoms with Crippen LogP contribution < -0.4 is 0 Å². The molecule has 0 aromatic carbocycles. The third-order valence-electron chi connectivity index (χ3n) is 1.69. The molecule has 0 rings (SSSR count). The molecule has 0 radical (unpaired) electrons. The van der Waals surface area contributed by atoms with Crippen molar-refractivity contribution in [2.45, 2.75) is 38.4 Å². The highest BCUT2D eigenvalue weighted by Crippen LogP contribution is 2.16. The average Bonchev–Trinajstić information content (AvgIpc) is 2.02. The maximum atomic E-state index is 10.4. The molecule has 0 aromatic heterocycles. The van der Waals surface area contributed by atoms with Crippen LogP contribution in [0.25, 0.3) is 0 Å². The molecule has 1 atom stereocenters. The third-order valence-corrected chi connectivity index (χ3v) is 2.83. The van der Waals surface area contributed by atoms with Crippen molar-refractivity contribution < 1.29 is 9.53 Å². The largest absolute Gasteiger partial charge is 0.466 e. The maximum Gasteiger partial charge on any atom is 0.302 e. The van der Waals surface area contributed by atoms with Gasteiger partial charge >= 0.3 is 5.97 Å². The van der Waals surface area contributed by atoms with Crippen LogP contribution in [0.2, 0.25) is 0 Å². The maximum absolute atomic E-state index is 10.4. The minimum absolute atomic E-state index is 0.175. The van der Waals surface area contributed by atoms with Crippen LogP contribution in [0.5, 0.6) is 0 Å². The van der Waals surface area contributed by atoms with E-state index >= 15 is 0 Å². The van der Waals surface area contributed by atoms with E-state index in [2.05, 4.69) is 13.2 Å². The van der Waals surface area contributed by atoms with E-state index in [0.717, 1.165) is 6.42 Å². The molecule has 0 saturated heterocycles. The summed E-state index contributed by atoms with van der Waals surface area (Å²) in [6.07, 6.45) is 5.50. The topological polar surface area (TPSA) is 26.3 Å². The molecule has 0 unspecified atom stereocenters. The van der Waals surface area contributed by atoms with Crippen LogP contribution in [0.1, 0.15) is 33.1 Å². The molecule has 0 spiro atoms. The summed E-state index contributed by atoms with van der Waals surface area (Å²) in [6, 6.07) is 0. The first-order chi connectivity index (χ1) is 5.70. The zero-order valence-corrected chi connectivity index (χ0v) is 8.95. The first-order valence-electron chi connectivity index (χ1n) is 4.36. The summed E-state index contributed by atoms with van der Waals surface area (Å²) >= 11 is 1.85. The van der Waals surface area contributed by atoms with Gasteiger partial charge in [-0.1, -0.05) is 13.3 Å². The molecule has 0 amide bonds. The molecule has 0 bridgehead atoms. The second-order valence-corrected chi connectivity index (χ2v) is 3.91. The lowest BCUT2D eigenvalue weighted by molar-refractivity contribution is -0.141. The lowest BCUT2D eigenvalue weighted by Gasteiger charge is -2.12. The number of hydrogen-bond donors (Lipinski definition) is 0.